The van der Waals surface area contributed by atoms with Crippen molar-refractivity contribution in [2.24, 2.45) is 17.3 Å². The van der Waals surface area contributed by atoms with E-state index in [9.17, 15) is 9.90 Å². The van der Waals surface area contributed by atoms with Gasteiger partial charge in [-0.2, -0.15) is 0 Å². The summed E-state index contributed by atoms with van der Waals surface area (Å²) in [4.78, 5) is 17.0. The van der Waals surface area contributed by atoms with Gasteiger partial charge in [0.1, 0.15) is 5.52 Å². The number of rotatable bonds is 3. The average Bonchev–Trinajstić information content (AvgIpc) is 2.83. The second-order valence-electron chi connectivity index (χ2n) is 8.83. The summed E-state index contributed by atoms with van der Waals surface area (Å²) in [6.45, 7) is 1.82. The molecule has 2 atom stereocenters. The minimum Gasteiger partial charge on any atom is -0.441 e. The van der Waals surface area contributed by atoms with Crippen molar-refractivity contribution in [1.82, 2.24) is 4.98 Å². The third-order valence-corrected chi connectivity index (χ3v) is 6.47. The first-order valence-corrected chi connectivity index (χ1v) is 9.30. The molecule has 4 saturated carbocycles. The van der Waals surface area contributed by atoms with Gasteiger partial charge in [-0.3, -0.25) is 4.79 Å². The van der Waals surface area contributed by atoms with Crippen LogP contribution in [0.15, 0.2) is 22.6 Å². The maximum Gasteiger partial charge on any atom is 0.224 e. The topological polar surface area (TPSA) is 75.4 Å². The number of carbonyl (C=O) groups excluding carboxylic acids is 1. The predicted octanol–water partition coefficient (Wildman–Crippen LogP) is 3.80. The number of hydrogen-bond donors (Lipinski definition) is 2. The highest BCUT2D eigenvalue weighted by molar-refractivity contribution is 5.93. The molecule has 1 heterocycles. The van der Waals surface area contributed by atoms with Crippen LogP contribution in [0.2, 0.25) is 0 Å². The van der Waals surface area contributed by atoms with Crippen molar-refractivity contribution in [3.8, 4) is 0 Å². The van der Waals surface area contributed by atoms with Crippen molar-refractivity contribution in [3.05, 3.63) is 24.1 Å². The quantitative estimate of drug-likeness (QED) is 0.891. The first-order valence-electron chi connectivity index (χ1n) is 9.30. The number of oxazole rings is 1. The Morgan fingerprint density at radius 3 is 2.80 bits per heavy atom. The van der Waals surface area contributed by atoms with Gasteiger partial charge >= 0.3 is 0 Å². The number of carbonyl (C=O) groups is 1. The van der Waals surface area contributed by atoms with Crippen LogP contribution in [0.25, 0.3) is 11.1 Å². The summed E-state index contributed by atoms with van der Waals surface area (Å²) < 4.78 is 5.48. The molecule has 6 rings (SSSR count). The van der Waals surface area contributed by atoms with E-state index in [0.717, 1.165) is 48.9 Å². The molecule has 132 valence electrons. The van der Waals surface area contributed by atoms with E-state index in [1.807, 2.05) is 25.1 Å². The molecular weight excluding hydrogens is 316 g/mol. The second kappa shape index (κ2) is 5.07. The molecule has 0 saturated heterocycles. The highest BCUT2D eigenvalue weighted by atomic mass is 16.3. The van der Waals surface area contributed by atoms with Gasteiger partial charge in [-0.15, -0.1) is 0 Å². The number of nitrogens with one attached hydrogen (secondary N) is 1. The van der Waals surface area contributed by atoms with Crippen LogP contribution in [0.3, 0.4) is 0 Å². The highest BCUT2D eigenvalue weighted by Gasteiger charge is 2.57. The van der Waals surface area contributed by atoms with Gasteiger partial charge in [0.05, 0.1) is 5.60 Å². The van der Waals surface area contributed by atoms with Crippen LogP contribution in [0.5, 0.6) is 0 Å². The Kier molecular flexibility index (Phi) is 3.12. The third kappa shape index (κ3) is 2.65. The number of aliphatic hydroxyl groups is 1. The Bertz CT molecular complexity index is 842. The average molecular weight is 340 g/mol. The van der Waals surface area contributed by atoms with Crippen LogP contribution >= 0.6 is 0 Å². The zero-order chi connectivity index (χ0) is 17.2. The van der Waals surface area contributed by atoms with Crippen molar-refractivity contribution in [3.63, 3.8) is 0 Å². The number of amides is 1. The van der Waals surface area contributed by atoms with Crippen LogP contribution < -0.4 is 5.32 Å². The fraction of sp³-hybridized carbons (Fsp3) is 0.600. The van der Waals surface area contributed by atoms with Gasteiger partial charge in [-0.1, -0.05) is 0 Å². The zero-order valence-electron chi connectivity index (χ0n) is 14.5. The van der Waals surface area contributed by atoms with Crippen molar-refractivity contribution >= 4 is 22.7 Å². The van der Waals surface area contributed by atoms with Crippen molar-refractivity contribution in [1.29, 1.82) is 0 Å². The molecule has 4 fully saturated rings. The Morgan fingerprint density at radius 1 is 1.32 bits per heavy atom. The lowest BCUT2D eigenvalue weighted by Crippen LogP contribution is -2.56. The molecule has 4 bridgehead atoms. The van der Waals surface area contributed by atoms with Gasteiger partial charge in [0.25, 0.3) is 0 Å². The molecule has 2 N–H and O–H groups in total. The lowest BCUT2D eigenvalue weighted by molar-refractivity contribution is -0.167. The first kappa shape index (κ1) is 15.4. The lowest BCUT2D eigenvalue weighted by atomic mass is 9.47. The standard InChI is InChI=1S/C20H24N2O3/c1-12-21-16-5-15(2-3-17(16)25-12)22-18(23)10-19-6-13-4-14(7-19)9-20(24,8-13)11-19/h2-3,5,13-14,24H,4,6-11H2,1H3,(H,22,23). The summed E-state index contributed by atoms with van der Waals surface area (Å²) in [6, 6.07) is 5.56. The Labute approximate surface area is 146 Å². The number of benzene rings is 1. The van der Waals surface area contributed by atoms with E-state index in [2.05, 4.69) is 10.3 Å². The van der Waals surface area contributed by atoms with E-state index in [4.69, 9.17) is 4.42 Å². The summed E-state index contributed by atoms with van der Waals surface area (Å²) >= 11 is 0. The van der Waals surface area contributed by atoms with Gasteiger partial charge in [0.2, 0.25) is 5.91 Å². The van der Waals surface area contributed by atoms with Crippen molar-refractivity contribution in [2.45, 2.75) is 57.5 Å². The summed E-state index contributed by atoms with van der Waals surface area (Å²) in [7, 11) is 0. The maximum absolute atomic E-state index is 12.7. The Balaban J connectivity index is 1.33. The molecule has 1 aromatic carbocycles. The molecule has 2 aromatic rings. The van der Waals surface area contributed by atoms with Crippen LogP contribution in [0.4, 0.5) is 5.69 Å². The molecular formula is C20H24N2O3. The summed E-state index contributed by atoms with van der Waals surface area (Å²) in [5.74, 6) is 1.88. The summed E-state index contributed by atoms with van der Waals surface area (Å²) in [5, 5.41) is 13.9. The number of aryl methyl sites for hydroxylation is 1. The van der Waals surface area contributed by atoms with E-state index in [-0.39, 0.29) is 11.3 Å². The fourth-order valence-corrected chi connectivity index (χ4v) is 6.27. The van der Waals surface area contributed by atoms with E-state index in [1.54, 1.807) is 0 Å². The van der Waals surface area contributed by atoms with Gasteiger partial charge in [0, 0.05) is 19.0 Å². The first-order chi connectivity index (χ1) is 11.9. The molecule has 0 spiro atoms. The van der Waals surface area contributed by atoms with E-state index >= 15 is 0 Å². The zero-order valence-corrected chi connectivity index (χ0v) is 14.5. The molecule has 2 unspecified atom stereocenters. The molecule has 0 radical (unpaired) electrons. The fourth-order valence-electron chi connectivity index (χ4n) is 6.27. The van der Waals surface area contributed by atoms with E-state index < -0.39 is 5.60 Å². The molecule has 1 aromatic heterocycles. The Hall–Kier alpha value is -1.88. The SMILES string of the molecule is Cc1nc2cc(NC(=O)CC34CC5CC(CC(O)(C5)C3)C4)ccc2o1. The number of aromatic nitrogens is 1. The molecule has 1 amide bonds. The minimum absolute atomic E-state index is 0.00248. The van der Waals surface area contributed by atoms with Crippen LogP contribution in [0, 0.1) is 24.2 Å². The van der Waals surface area contributed by atoms with Crippen molar-refractivity contribution in [2.75, 3.05) is 5.32 Å². The van der Waals surface area contributed by atoms with E-state index in [0.29, 0.717) is 24.1 Å². The van der Waals surface area contributed by atoms with Crippen molar-refractivity contribution < 1.29 is 14.3 Å². The molecule has 5 heteroatoms. The number of fused-ring (bicyclic) bond motifs is 1. The number of nitrogens with zero attached hydrogens (tertiary/aromatic N) is 1. The highest BCUT2D eigenvalue weighted by Crippen LogP contribution is 2.62. The molecule has 4 aliphatic rings. The predicted molar refractivity (Wildman–Crippen MR) is 94.1 cm³/mol. The molecule has 4 aliphatic carbocycles. The Morgan fingerprint density at radius 2 is 2.08 bits per heavy atom. The summed E-state index contributed by atoms with van der Waals surface area (Å²) in [5.41, 5.74) is 1.74. The monoisotopic (exact) mass is 340 g/mol. The normalized spacial score (nSPS) is 36.1. The lowest BCUT2D eigenvalue weighted by Gasteiger charge is -2.60. The van der Waals surface area contributed by atoms with Gasteiger partial charge < -0.3 is 14.8 Å². The van der Waals surface area contributed by atoms with Gasteiger partial charge in [-0.25, -0.2) is 4.98 Å². The minimum atomic E-state index is -0.512. The van der Waals surface area contributed by atoms with Crippen LogP contribution in [-0.4, -0.2) is 21.6 Å². The summed E-state index contributed by atoms with van der Waals surface area (Å²) in [6.07, 6.45) is 6.62. The second-order valence-corrected chi connectivity index (χ2v) is 8.83. The number of anilines is 1. The van der Waals surface area contributed by atoms with E-state index in [1.165, 1.54) is 6.42 Å². The molecule has 25 heavy (non-hydrogen) atoms. The maximum atomic E-state index is 12.7. The van der Waals surface area contributed by atoms with Crippen LogP contribution in [-0.2, 0) is 4.79 Å². The third-order valence-electron chi connectivity index (χ3n) is 6.47. The smallest absolute Gasteiger partial charge is 0.224 e. The number of hydrogen-bond acceptors (Lipinski definition) is 4. The van der Waals surface area contributed by atoms with Gasteiger partial charge in [0.15, 0.2) is 11.5 Å². The largest absolute Gasteiger partial charge is 0.441 e. The van der Waals surface area contributed by atoms with Crippen LogP contribution in [0.1, 0.15) is 50.8 Å². The van der Waals surface area contributed by atoms with Gasteiger partial charge in [-0.05, 0) is 74.0 Å². The molecule has 5 nitrogen and oxygen atoms in total. The molecule has 0 aliphatic heterocycles.